The SMILES string of the molecule is Cc1nn(C)c(C)c1CN1C[C@@H](C(=O)O)CC[C@@H](N(C)C)C1. The third-order valence-corrected chi connectivity index (χ3v) is 4.92. The van der Waals surface area contributed by atoms with Crippen LogP contribution in [-0.2, 0) is 18.4 Å². The van der Waals surface area contributed by atoms with Gasteiger partial charge in [-0.25, -0.2) is 0 Å². The molecule has 1 N–H and O–H groups in total. The fraction of sp³-hybridized carbons (Fsp3) is 0.750. The Bertz CT molecular complexity index is 538. The molecule has 124 valence electrons. The van der Waals surface area contributed by atoms with Crippen LogP contribution in [0.4, 0.5) is 0 Å². The number of nitrogens with zero attached hydrogens (tertiary/aromatic N) is 4. The fourth-order valence-corrected chi connectivity index (χ4v) is 3.28. The van der Waals surface area contributed by atoms with Gasteiger partial charge in [-0.1, -0.05) is 0 Å². The van der Waals surface area contributed by atoms with Crippen molar-refractivity contribution in [2.75, 3.05) is 27.2 Å². The average molecular weight is 308 g/mol. The molecule has 1 aliphatic rings. The molecule has 6 nitrogen and oxygen atoms in total. The van der Waals surface area contributed by atoms with E-state index in [0.717, 1.165) is 37.3 Å². The van der Waals surface area contributed by atoms with Crippen LogP contribution in [0, 0.1) is 19.8 Å². The van der Waals surface area contributed by atoms with Crippen LogP contribution in [0.2, 0.25) is 0 Å². The minimum atomic E-state index is -0.677. The molecule has 0 amide bonds. The Labute approximate surface area is 132 Å². The minimum absolute atomic E-state index is 0.276. The minimum Gasteiger partial charge on any atom is -0.481 e. The molecule has 0 bridgehead atoms. The second-order valence-electron chi connectivity index (χ2n) is 6.70. The smallest absolute Gasteiger partial charge is 0.307 e. The Kier molecular flexibility index (Phi) is 5.24. The molecule has 0 spiro atoms. The van der Waals surface area contributed by atoms with Crippen molar-refractivity contribution in [3.05, 3.63) is 17.0 Å². The number of likely N-dealkylation sites (tertiary alicyclic amines) is 1. The summed E-state index contributed by atoms with van der Waals surface area (Å²) in [5.74, 6) is -0.953. The lowest BCUT2D eigenvalue weighted by molar-refractivity contribution is -0.142. The Balaban J connectivity index is 2.19. The number of carboxylic acids is 1. The van der Waals surface area contributed by atoms with Crippen LogP contribution in [0.1, 0.15) is 29.8 Å². The van der Waals surface area contributed by atoms with Crippen LogP contribution in [0.5, 0.6) is 0 Å². The van der Waals surface area contributed by atoms with Crippen molar-refractivity contribution in [1.29, 1.82) is 0 Å². The monoisotopic (exact) mass is 308 g/mol. The number of carboxylic acid groups (broad SMARTS) is 1. The van der Waals surface area contributed by atoms with Crippen LogP contribution >= 0.6 is 0 Å². The number of hydrogen-bond donors (Lipinski definition) is 1. The molecule has 1 fully saturated rings. The molecule has 1 aromatic rings. The van der Waals surface area contributed by atoms with E-state index in [1.807, 2.05) is 18.7 Å². The Morgan fingerprint density at radius 3 is 2.50 bits per heavy atom. The van der Waals surface area contributed by atoms with Crippen molar-refractivity contribution in [3.8, 4) is 0 Å². The average Bonchev–Trinajstić information content (AvgIpc) is 2.63. The lowest BCUT2D eigenvalue weighted by Crippen LogP contribution is -2.39. The highest BCUT2D eigenvalue weighted by molar-refractivity contribution is 5.70. The third kappa shape index (κ3) is 3.67. The van der Waals surface area contributed by atoms with Crippen LogP contribution in [0.25, 0.3) is 0 Å². The molecule has 0 radical (unpaired) electrons. The van der Waals surface area contributed by atoms with Crippen molar-refractivity contribution in [2.45, 2.75) is 39.3 Å². The molecule has 0 unspecified atom stereocenters. The van der Waals surface area contributed by atoms with Crippen molar-refractivity contribution in [2.24, 2.45) is 13.0 Å². The van der Waals surface area contributed by atoms with Gasteiger partial charge in [0, 0.05) is 44.0 Å². The number of likely N-dealkylation sites (N-methyl/N-ethyl adjacent to an activating group) is 1. The predicted octanol–water partition coefficient (Wildman–Crippen LogP) is 1.26. The Morgan fingerprint density at radius 2 is 2.00 bits per heavy atom. The standard InChI is InChI=1S/C16H28N4O2/c1-11-15(12(2)19(5)17-11)10-20-8-13(16(21)22)6-7-14(9-20)18(3)4/h13-14H,6-10H2,1-5H3,(H,21,22)/t13-,14+/m0/s1. The summed E-state index contributed by atoms with van der Waals surface area (Å²) in [6, 6.07) is 0.404. The highest BCUT2D eigenvalue weighted by atomic mass is 16.4. The summed E-state index contributed by atoms with van der Waals surface area (Å²) in [5.41, 5.74) is 3.43. The van der Waals surface area contributed by atoms with E-state index in [4.69, 9.17) is 0 Å². The predicted molar refractivity (Wildman–Crippen MR) is 85.8 cm³/mol. The molecule has 6 heteroatoms. The van der Waals surface area contributed by atoms with Gasteiger partial charge in [0.15, 0.2) is 0 Å². The van der Waals surface area contributed by atoms with Gasteiger partial charge in [-0.3, -0.25) is 14.4 Å². The highest BCUT2D eigenvalue weighted by Gasteiger charge is 2.29. The highest BCUT2D eigenvalue weighted by Crippen LogP contribution is 2.23. The summed E-state index contributed by atoms with van der Waals surface area (Å²) < 4.78 is 1.90. The van der Waals surface area contributed by atoms with E-state index >= 15 is 0 Å². The van der Waals surface area contributed by atoms with Crippen LogP contribution < -0.4 is 0 Å². The number of carbonyl (C=O) groups is 1. The van der Waals surface area contributed by atoms with E-state index in [-0.39, 0.29) is 5.92 Å². The summed E-state index contributed by atoms with van der Waals surface area (Å²) in [6.07, 6.45) is 1.69. The molecule has 1 saturated heterocycles. The van der Waals surface area contributed by atoms with E-state index in [1.165, 1.54) is 5.56 Å². The normalized spacial score (nSPS) is 23.7. The largest absolute Gasteiger partial charge is 0.481 e. The fourth-order valence-electron chi connectivity index (χ4n) is 3.28. The van der Waals surface area contributed by atoms with Gasteiger partial charge < -0.3 is 10.0 Å². The van der Waals surface area contributed by atoms with Crippen molar-refractivity contribution < 1.29 is 9.90 Å². The first kappa shape index (κ1) is 17.0. The number of rotatable bonds is 4. The first-order valence-corrected chi connectivity index (χ1v) is 7.90. The van der Waals surface area contributed by atoms with E-state index in [2.05, 4.69) is 35.9 Å². The van der Waals surface area contributed by atoms with Crippen molar-refractivity contribution in [3.63, 3.8) is 0 Å². The van der Waals surface area contributed by atoms with E-state index in [1.54, 1.807) is 0 Å². The molecule has 1 aromatic heterocycles. The molecular formula is C16H28N4O2. The zero-order chi connectivity index (χ0) is 16.4. The van der Waals surface area contributed by atoms with Crippen molar-refractivity contribution >= 4 is 5.97 Å². The zero-order valence-corrected chi connectivity index (χ0v) is 14.3. The molecule has 1 aliphatic heterocycles. The summed E-state index contributed by atoms with van der Waals surface area (Å²) in [7, 11) is 6.10. The molecule has 0 aliphatic carbocycles. The molecule has 2 rings (SSSR count). The summed E-state index contributed by atoms with van der Waals surface area (Å²) in [6.45, 7) is 6.40. The molecular weight excluding hydrogens is 280 g/mol. The first-order valence-electron chi connectivity index (χ1n) is 7.90. The number of aromatic nitrogens is 2. The topological polar surface area (TPSA) is 61.6 Å². The maximum atomic E-state index is 11.5. The molecule has 0 aromatic carbocycles. The van der Waals surface area contributed by atoms with Gasteiger partial charge in [0.25, 0.3) is 0 Å². The second kappa shape index (κ2) is 6.79. The quantitative estimate of drug-likeness (QED) is 0.907. The van der Waals surface area contributed by atoms with Crippen molar-refractivity contribution in [1.82, 2.24) is 19.6 Å². The summed E-state index contributed by atoms with van der Waals surface area (Å²) in [4.78, 5) is 16.0. The Morgan fingerprint density at radius 1 is 1.32 bits per heavy atom. The van der Waals surface area contributed by atoms with Gasteiger partial charge in [-0.15, -0.1) is 0 Å². The van der Waals surface area contributed by atoms with Gasteiger partial charge in [-0.2, -0.15) is 5.10 Å². The van der Waals surface area contributed by atoms with Crippen LogP contribution in [-0.4, -0.2) is 63.9 Å². The van der Waals surface area contributed by atoms with Crippen LogP contribution in [0.3, 0.4) is 0 Å². The van der Waals surface area contributed by atoms with Crippen LogP contribution in [0.15, 0.2) is 0 Å². The van der Waals surface area contributed by atoms with Gasteiger partial charge in [0.05, 0.1) is 11.6 Å². The van der Waals surface area contributed by atoms with Gasteiger partial charge in [0.1, 0.15) is 0 Å². The molecule has 2 atom stereocenters. The lowest BCUT2D eigenvalue weighted by Gasteiger charge is -2.28. The van der Waals surface area contributed by atoms with Gasteiger partial charge in [0.2, 0.25) is 0 Å². The second-order valence-corrected chi connectivity index (χ2v) is 6.70. The summed E-state index contributed by atoms with van der Waals surface area (Å²) >= 11 is 0. The summed E-state index contributed by atoms with van der Waals surface area (Å²) in [5, 5.41) is 13.9. The van der Waals surface area contributed by atoms with Gasteiger partial charge in [-0.05, 0) is 40.8 Å². The third-order valence-electron chi connectivity index (χ3n) is 4.92. The lowest BCUT2D eigenvalue weighted by atomic mass is 10.0. The number of hydrogen-bond acceptors (Lipinski definition) is 4. The molecule has 0 saturated carbocycles. The molecule has 22 heavy (non-hydrogen) atoms. The van der Waals surface area contributed by atoms with E-state index in [0.29, 0.717) is 12.6 Å². The zero-order valence-electron chi connectivity index (χ0n) is 14.3. The number of aryl methyl sites for hydroxylation is 2. The maximum absolute atomic E-state index is 11.5. The first-order chi connectivity index (χ1) is 10.3. The number of aliphatic carboxylic acids is 1. The van der Waals surface area contributed by atoms with E-state index in [9.17, 15) is 9.90 Å². The Hall–Kier alpha value is -1.40. The van der Waals surface area contributed by atoms with E-state index < -0.39 is 5.97 Å². The maximum Gasteiger partial charge on any atom is 0.307 e. The van der Waals surface area contributed by atoms with Gasteiger partial charge >= 0.3 is 5.97 Å². The molecule has 2 heterocycles.